The lowest BCUT2D eigenvalue weighted by molar-refractivity contribution is -0.122. The Kier molecular flexibility index (Phi) is 4.54. The van der Waals surface area contributed by atoms with Gasteiger partial charge in [0.1, 0.15) is 0 Å². The van der Waals surface area contributed by atoms with Gasteiger partial charge in [0.2, 0.25) is 5.91 Å². The Morgan fingerprint density at radius 3 is 2.19 bits per heavy atom. The molecule has 3 amide bonds. The zero-order valence-corrected chi connectivity index (χ0v) is 10.2. The highest BCUT2D eigenvalue weighted by molar-refractivity contribution is 5.77. The molecule has 0 radical (unpaired) electrons. The summed E-state index contributed by atoms with van der Waals surface area (Å²) in [6, 6.07) is 0.0413. The molecule has 1 aliphatic heterocycles. The summed E-state index contributed by atoms with van der Waals surface area (Å²) in [6.07, 6.45) is 0. The molecule has 1 aliphatic rings. The second kappa shape index (κ2) is 5.69. The molecule has 0 aromatic heterocycles. The van der Waals surface area contributed by atoms with Crippen molar-refractivity contribution >= 4 is 11.9 Å². The summed E-state index contributed by atoms with van der Waals surface area (Å²) in [5, 5.41) is 2.60. The van der Waals surface area contributed by atoms with Gasteiger partial charge in [0.05, 0.1) is 6.54 Å². The molecular weight excluding hydrogens is 208 g/mol. The van der Waals surface area contributed by atoms with Gasteiger partial charge in [0, 0.05) is 47.3 Å². The SMILES string of the molecule is CNC(=O)CN1CCN(C(=O)N(C)C)CC1. The summed E-state index contributed by atoms with van der Waals surface area (Å²) in [4.78, 5) is 28.2. The summed E-state index contributed by atoms with van der Waals surface area (Å²) in [7, 11) is 5.13. The molecule has 1 heterocycles. The highest BCUT2D eigenvalue weighted by Gasteiger charge is 2.22. The average molecular weight is 228 g/mol. The van der Waals surface area contributed by atoms with Crippen LogP contribution in [0.3, 0.4) is 0 Å². The molecule has 1 saturated heterocycles. The van der Waals surface area contributed by atoms with E-state index in [0.29, 0.717) is 19.6 Å². The van der Waals surface area contributed by atoms with Crippen molar-refractivity contribution in [2.24, 2.45) is 0 Å². The number of urea groups is 1. The van der Waals surface area contributed by atoms with Gasteiger partial charge in [-0.1, -0.05) is 0 Å². The molecule has 6 nitrogen and oxygen atoms in total. The Bertz CT molecular complexity index is 260. The van der Waals surface area contributed by atoms with Crippen LogP contribution in [0.4, 0.5) is 4.79 Å². The van der Waals surface area contributed by atoms with Gasteiger partial charge in [0.15, 0.2) is 0 Å². The lowest BCUT2D eigenvalue weighted by Gasteiger charge is -2.35. The van der Waals surface area contributed by atoms with Crippen molar-refractivity contribution in [1.29, 1.82) is 0 Å². The highest BCUT2D eigenvalue weighted by Crippen LogP contribution is 2.03. The predicted octanol–water partition coefficient (Wildman–Crippen LogP) is -0.968. The Labute approximate surface area is 96.2 Å². The van der Waals surface area contributed by atoms with Gasteiger partial charge in [-0.3, -0.25) is 9.69 Å². The number of piperazine rings is 1. The fraction of sp³-hybridized carbons (Fsp3) is 0.800. The van der Waals surface area contributed by atoms with Crippen molar-refractivity contribution in [2.75, 3.05) is 53.9 Å². The van der Waals surface area contributed by atoms with Crippen LogP contribution in [0.15, 0.2) is 0 Å². The lowest BCUT2D eigenvalue weighted by atomic mass is 10.3. The van der Waals surface area contributed by atoms with E-state index in [1.54, 1.807) is 30.9 Å². The molecule has 0 atom stereocenters. The second-order valence-electron chi connectivity index (χ2n) is 4.11. The number of amides is 3. The Hall–Kier alpha value is -1.30. The summed E-state index contributed by atoms with van der Waals surface area (Å²) in [5.41, 5.74) is 0. The van der Waals surface area contributed by atoms with E-state index >= 15 is 0 Å². The molecule has 0 spiro atoms. The third-order valence-electron chi connectivity index (χ3n) is 2.67. The molecule has 6 heteroatoms. The van der Waals surface area contributed by atoms with Gasteiger partial charge in [-0.25, -0.2) is 4.79 Å². The molecule has 0 aliphatic carbocycles. The van der Waals surface area contributed by atoms with E-state index in [4.69, 9.17) is 0 Å². The predicted molar refractivity (Wildman–Crippen MR) is 61.2 cm³/mol. The zero-order valence-electron chi connectivity index (χ0n) is 10.2. The number of hydrogen-bond donors (Lipinski definition) is 1. The standard InChI is InChI=1S/C10H20N4O2/c1-11-9(15)8-13-4-6-14(7-5-13)10(16)12(2)3/h4-8H2,1-3H3,(H,11,15). The largest absolute Gasteiger partial charge is 0.358 e. The van der Waals surface area contributed by atoms with Crippen LogP contribution in [0.2, 0.25) is 0 Å². The molecular formula is C10H20N4O2. The molecule has 1 N–H and O–H groups in total. The van der Waals surface area contributed by atoms with Gasteiger partial charge >= 0.3 is 6.03 Å². The maximum atomic E-state index is 11.6. The number of carbonyl (C=O) groups excluding carboxylic acids is 2. The number of rotatable bonds is 2. The van der Waals surface area contributed by atoms with Crippen LogP contribution in [-0.4, -0.2) is 80.5 Å². The van der Waals surface area contributed by atoms with Gasteiger partial charge < -0.3 is 15.1 Å². The van der Waals surface area contributed by atoms with E-state index < -0.39 is 0 Å². The minimum absolute atomic E-state index is 0.0207. The summed E-state index contributed by atoms with van der Waals surface area (Å²) < 4.78 is 0. The molecule has 0 aromatic carbocycles. The number of carbonyl (C=O) groups is 2. The minimum atomic E-state index is 0.0207. The quantitative estimate of drug-likeness (QED) is 0.662. The molecule has 0 bridgehead atoms. The molecule has 1 rings (SSSR count). The average Bonchev–Trinajstić information content (AvgIpc) is 2.28. The van der Waals surface area contributed by atoms with Crippen LogP contribution in [0.25, 0.3) is 0 Å². The first-order valence-electron chi connectivity index (χ1n) is 5.43. The van der Waals surface area contributed by atoms with Crippen LogP contribution in [0, 0.1) is 0 Å². The molecule has 92 valence electrons. The molecule has 0 aromatic rings. The van der Waals surface area contributed by atoms with Gasteiger partial charge in [-0.15, -0.1) is 0 Å². The Morgan fingerprint density at radius 2 is 1.75 bits per heavy atom. The van der Waals surface area contributed by atoms with Crippen molar-refractivity contribution in [2.45, 2.75) is 0 Å². The minimum Gasteiger partial charge on any atom is -0.358 e. The fourth-order valence-electron chi connectivity index (χ4n) is 1.66. The fourth-order valence-corrected chi connectivity index (χ4v) is 1.66. The second-order valence-corrected chi connectivity index (χ2v) is 4.11. The Balaban J connectivity index is 2.34. The highest BCUT2D eigenvalue weighted by atomic mass is 16.2. The van der Waals surface area contributed by atoms with E-state index in [0.717, 1.165) is 13.1 Å². The van der Waals surface area contributed by atoms with Gasteiger partial charge in [0.25, 0.3) is 0 Å². The molecule has 1 fully saturated rings. The number of nitrogens with one attached hydrogen (secondary N) is 1. The van der Waals surface area contributed by atoms with Crippen molar-refractivity contribution < 1.29 is 9.59 Å². The topological polar surface area (TPSA) is 55.9 Å². The first-order chi connectivity index (χ1) is 7.54. The van der Waals surface area contributed by atoms with E-state index in [9.17, 15) is 9.59 Å². The van der Waals surface area contributed by atoms with E-state index in [1.807, 2.05) is 0 Å². The van der Waals surface area contributed by atoms with E-state index in [-0.39, 0.29) is 11.9 Å². The molecule has 0 saturated carbocycles. The first kappa shape index (κ1) is 12.8. The van der Waals surface area contributed by atoms with E-state index in [1.165, 1.54) is 0 Å². The van der Waals surface area contributed by atoms with Crippen molar-refractivity contribution in [3.63, 3.8) is 0 Å². The smallest absolute Gasteiger partial charge is 0.319 e. The van der Waals surface area contributed by atoms with Gasteiger partial charge in [-0.05, 0) is 0 Å². The summed E-state index contributed by atoms with van der Waals surface area (Å²) in [5.74, 6) is 0.0207. The van der Waals surface area contributed by atoms with Crippen LogP contribution in [-0.2, 0) is 4.79 Å². The maximum Gasteiger partial charge on any atom is 0.319 e. The Morgan fingerprint density at radius 1 is 1.19 bits per heavy atom. The van der Waals surface area contributed by atoms with Crippen molar-refractivity contribution in [3.8, 4) is 0 Å². The number of likely N-dealkylation sites (N-methyl/N-ethyl adjacent to an activating group) is 1. The first-order valence-corrected chi connectivity index (χ1v) is 5.43. The third-order valence-corrected chi connectivity index (χ3v) is 2.67. The van der Waals surface area contributed by atoms with Crippen LogP contribution in [0.5, 0.6) is 0 Å². The summed E-state index contributed by atoms with van der Waals surface area (Å²) >= 11 is 0. The monoisotopic (exact) mass is 228 g/mol. The lowest BCUT2D eigenvalue weighted by Crippen LogP contribution is -2.53. The zero-order chi connectivity index (χ0) is 12.1. The molecule has 0 unspecified atom stereocenters. The van der Waals surface area contributed by atoms with Crippen LogP contribution in [0.1, 0.15) is 0 Å². The van der Waals surface area contributed by atoms with Crippen molar-refractivity contribution in [1.82, 2.24) is 20.0 Å². The number of hydrogen-bond acceptors (Lipinski definition) is 3. The normalized spacial score (nSPS) is 17.1. The summed E-state index contributed by atoms with van der Waals surface area (Å²) in [6.45, 7) is 3.31. The van der Waals surface area contributed by atoms with Crippen LogP contribution < -0.4 is 5.32 Å². The van der Waals surface area contributed by atoms with Crippen molar-refractivity contribution in [3.05, 3.63) is 0 Å². The van der Waals surface area contributed by atoms with Gasteiger partial charge in [-0.2, -0.15) is 0 Å². The number of nitrogens with zero attached hydrogens (tertiary/aromatic N) is 3. The molecule has 16 heavy (non-hydrogen) atoms. The van der Waals surface area contributed by atoms with E-state index in [2.05, 4.69) is 10.2 Å². The maximum absolute atomic E-state index is 11.6. The van der Waals surface area contributed by atoms with Crippen LogP contribution >= 0.6 is 0 Å². The third kappa shape index (κ3) is 3.37.